The van der Waals surface area contributed by atoms with Crippen LogP contribution in [-0.2, 0) is 17.5 Å². The Balaban J connectivity index is 1.67. The molecule has 2 aromatic rings. The summed E-state index contributed by atoms with van der Waals surface area (Å²) in [4.78, 5) is 29.3. The van der Waals surface area contributed by atoms with Gasteiger partial charge in [-0.15, -0.1) is 11.3 Å². The van der Waals surface area contributed by atoms with E-state index >= 15 is 0 Å². The monoisotopic (exact) mass is 369 g/mol. The zero-order valence-corrected chi connectivity index (χ0v) is 13.7. The predicted molar refractivity (Wildman–Crippen MR) is 84.8 cm³/mol. The lowest BCUT2D eigenvalue weighted by atomic mass is 10.1. The summed E-state index contributed by atoms with van der Waals surface area (Å²) in [6.07, 6.45) is -4.42. The second kappa shape index (κ2) is 6.83. The van der Waals surface area contributed by atoms with Crippen LogP contribution in [0.15, 0.2) is 35.2 Å². The third kappa shape index (κ3) is 3.98. The molecule has 0 bridgehead atoms. The Morgan fingerprint density at radius 2 is 2.12 bits per heavy atom. The van der Waals surface area contributed by atoms with Crippen LogP contribution in [0.2, 0.25) is 0 Å². The third-order valence-corrected chi connectivity index (χ3v) is 4.49. The van der Waals surface area contributed by atoms with E-state index in [1.807, 2.05) is 0 Å². The normalized spacial score (nSPS) is 17.8. The second-order valence-electron chi connectivity index (χ2n) is 5.68. The maximum atomic E-state index is 13.1. The summed E-state index contributed by atoms with van der Waals surface area (Å²) in [5.74, 6) is -0.683. The molecule has 9 heteroatoms. The summed E-state index contributed by atoms with van der Waals surface area (Å²) in [5, 5.41) is 4.28. The Bertz CT molecular complexity index is 777. The standard InChI is InChI=1S/C16H14F3N3O2S/c17-16(18,19)12-4-2-1-3-10(12)6-22-7-11(5-14(22)23)21-15(24)13-8-25-9-20-13/h1-4,8-9,11H,5-7H2,(H,21,24). The molecule has 0 radical (unpaired) electrons. The first-order valence-corrected chi connectivity index (χ1v) is 8.41. The second-order valence-corrected chi connectivity index (χ2v) is 6.40. The molecule has 1 aliphatic rings. The van der Waals surface area contributed by atoms with E-state index < -0.39 is 23.7 Å². The number of carbonyl (C=O) groups excluding carboxylic acids is 2. The van der Waals surface area contributed by atoms with Gasteiger partial charge in [-0.1, -0.05) is 18.2 Å². The van der Waals surface area contributed by atoms with Crippen molar-refractivity contribution in [1.82, 2.24) is 15.2 Å². The molecule has 3 rings (SSSR count). The molecule has 1 aromatic carbocycles. The molecule has 1 atom stereocenters. The number of hydrogen-bond acceptors (Lipinski definition) is 4. The van der Waals surface area contributed by atoms with Gasteiger partial charge in [0.15, 0.2) is 0 Å². The molecule has 1 saturated heterocycles. The number of aromatic nitrogens is 1. The van der Waals surface area contributed by atoms with Gasteiger partial charge in [-0.2, -0.15) is 13.2 Å². The van der Waals surface area contributed by atoms with Crippen molar-refractivity contribution >= 4 is 23.2 Å². The molecule has 2 heterocycles. The van der Waals surface area contributed by atoms with Crippen molar-refractivity contribution in [3.05, 3.63) is 52.0 Å². The van der Waals surface area contributed by atoms with E-state index in [1.54, 1.807) is 5.38 Å². The van der Waals surface area contributed by atoms with Crippen LogP contribution in [0.4, 0.5) is 13.2 Å². The first kappa shape index (κ1) is 17.4. The zero-order valence-electron chi connectivity index (χ0n) is 12.9. The molecule has 1 fully saturated rings. The number of thiazole rings is 1. The van der Waals surface area contributed by atoms with Gasteiger partial charge in [0, 0.05) is 24.9 Å². The van der Waals surface area contributed by atoms with Gasteiger partial charge in [0.05, 0.1) is 17.1 Å². The summed E-state index contributed by atoms with van der Waals surface area (Å²) in [6.45, 7) is 0.0263. The van der Waals surface area contributed by atoms with Crippen LogP contribution in [0.25, 0.3) is 0 Å². The van der Waals surface area contributed by atoms with Crippen molar-refractivity contribution in [2.75, 3.05) is 6.54 Å². The third-order valence-electron chi connectivity index (χ3n) is 3.90. The van der Waals surface area contributed by atoms with E-state index in [-0.39, 0.29) is 36.7 Å². The van der Waals surface area contributed by atoms with Crippen LogP contribution in [0.5, 0.6) is 0 Å². The lowest BCUT2D eigenvalue weighted by Crippen LogP contribution is -2.37. The van der Waals surface area contributed by atoms with Gasteiger partial charge in [0.1, 0.15) is 5.69 Å². The van der Waals surface area contributed by atoms with Gasteiger partial charge < -0.3 is 10.2 Å². The maximum Gasteiger partial charge on any atom is 0.416 e. The van der Waals surface area contributed by atoms with Crippen molar-refractivity contribution in [3.63, 3.8) is 0 Å². The van der Waals surface area contributed by atoms with Crippen molar-refractivity contribution in [2.45, 2.75) is 25.2 Å². The highest BCUT2D eigenvalue weighted by Crippen LogP contribution is 2.32. The zero-order chi connectivity index (χ0) is 18.0. The summed E-state index contributed by atoms with van der Waals surface area (Å²) >= 11 is 1.28. The average Bonchev–Trinajstić information content (AvgIpc) is 3.18. The van der Waals surface area contributed by atoms with E-state index in [1.165, 1.54) is 39.9 Å². The highest BCUT2D eigenvalue weighted by Gasteiger charge is 2.36. The van der Waals surface area contributed by atoms with Gasteiger partial charge >= 0.3 is 6.18 Å². The van der Waals surface area contributed by atoms with Crippen molar-refractivity contribution in [1.29, 1.82) is 0 Å². The topological polar surface area (TPSA) is 62.3 Å². The highest BCUT2D eigenvalue weighted by molar-refractivity contribution is 7.07. The van der Waals surface area contributed by atoms with E-state index in [9.17, 15) is 22.8 Å². The SMILES string of the molecule is O=C(NC1CC(=O)N(Cc2ccccc2C(F)(F)F)C1)c1cscn1. The molecular weight excluding hydrogens is 355 g/mol. The molecule has 25 heavy (non-hydrogen) atoms. The molecule has 1 aliphatic heterocycles. The summed E-state index contributed by atoms with van der Waals surface area (Å²) in [5.41, 5.74) is 1.07. The van der Waals surface area contributed by atoms with E-state index in [4.69, 9.17) is 0 Å². The van der Waals surface area contributed by atoms with Crippen LogP contribution >= 0.6 is 11.3 Å². The van der Waals surface area contributed by atoms with E-state index in [0.717, 1.165) is 6.07 Å². The van der Waals surface area contributed by atoms with Gasteiger partial charge in [-0.3, -0.25) is 9.59 Å². The number of rotatable bonds is 4. The number of nitrogens with zero attached hydrogens (tertiary/aromatic N) is 2. The van der Waals surface area contributed by atoms with Gasteiger partial charge in [-0.05, 0) is 11.6 Å². The summed E-state index contributed by atoms with van der Waals surface area (Å²) < 4.78 is 39.2. The fourth-order valence-electron chi connectivity index (χ4n) is 2.75. The van der Waals surface area contributed by atoms with Crippen LogP contribution < -0.4 is 5.32 Å². The number of benzene rings is 1. The first-order valence-electron chi connectivity index (χ1n) is 7.46. The summed E-state index contributed by atoms with van der Waals surface area (Å²) in [6, 6.07) is 4.73. The number of amides is 2. The number of carbonyl (C=O) groups is 2. The number of alkyl halides is 3. The number of hydrogen-bond donors (Lipinski definition) is 1. The Kier molecular flexibility index (Phi) is 4.76. The molecule has 132 valence electrons. The fourth-order valence-corrected chi connectivity index (χ4v) is 3.28. The predicted octanol–water partition coefficient (Wildman–Crippen LogP) is 2.69. The van der Waals surface area contributed by atoms with Crippen molar-refractivity contribution in [2.24, 2.45) is 0 Å². The molecule has 0 saturated carbocycles. The molecule has 1 unspecified atom stereocenters. The number of nitrogens with one attached hydrogen (secondary N) is 1. The minimum Gasteiger partial charge on any atom is -0.346 e. The van der Waals surface area contributed by atoms with Gasteiger partial charge in [0.2, 0.25) is 5.91 Å². The molecule has 1 aromatic heterocycles. The molecule has 0 spiro atoms. The molecule has 2 amide bonds. The quantitative estimate of drug-likeness (QED) is 0.901. The van der Waals surface area contributed by atoms with Gasteiger partial charge in [-0.25, -0.2) is 4.98 Å². The Morgan fingerprint density at radius 1 is 1.36 bits per heavy atom. The van der Waals surface area contributed by atoms with Crippen LogP contribution in [0.1, 0.15) is 28.0 Å². The minimum absolute atomic E-state index is 0.0369. The molecule has 5 nitrogen and oxygen atoms in total. The minimum atomic E-state index is -4.47. The molecule has 0 aliphatic carbocycles. The molecular formula is C16H14F3N3O2S. The van der Waals surface area contributed by atoms with E-state index in [0.29, 0.717) is 0 Å². The Morgan fingerprint density at radius 3 is 2.80 bits per heavy atom. The van der Waals surface area contributed by atoms with Gasteiger partial charge in [0.25, 0.3) is 5.91 Å². The van der Waals surface area contributed by atoms with E-state index in [2.05, 4.69) is 10.3 Å². The summed E-state index contributed by atoms with van der Waals surface area (Å²) in [7, 11) is 0. The fraction of sp³-hybridized carbons (Fsp3) is 0.312. The Hall–Kier alpha value is -2.42. The maximum absolute atomic E-state index is 13.1. The largest absolute Gasteiger partial charge is 0.416 e. The van der Waals surface area contributed by atoms with Crippen LogP contribution in [0.3, 0.4) is 0 Å². The van der Waals surface area contributed by atoms with Crippen molar-refractivity contribution in [3.8, 4) is 0 Å². The highest BCUT2D eigenvalue weighted by atomic mass is 32.1. The number of halogens is 3. The lowest BCUT2D eigenvalue weighted by molar-refractivity contribution is -0.139. The average molecular weight is 369 g/mol. The van der Waals surface area contributed by atoms with Crippen LogP contribution in [0, 0.1) is 0 Å². The smallest absolute Gasteiger partial charge is 0.346 e. The molecule has 1 N–H and O–H groups in total. The van der Waals surface area contributed by atoms with Crippen molar-refractivity contribution < 1.29 is 22.8 Å². The lowest BCUT2D eigenvalue weighted by Gasteiger charge is -2.20. The Labute approximate surface area is 145 Å². The number of likely N-dealkylation sites (tertiary alicyclic amines) is 1. The first-order chi connectivity index (χ1) is 11.8. The van der Waals surface area contributed by atoms with Crippen LogP contribution in [-0.4, -0.2) is 34.3 Å².